The van der Waals surface area contributed by atoms with Gasteiger partial charge in [-0.3, -0.25) is 4.79 Å². The van der Waals surface area contributed by atoms with Gasteiger partial charge in [0, 0.05) is 12.1 Å². The van der Waals surface area contributed by atoms with Crippen molar-refractivity contribution in [2.24, 2.45) is 10.7 Å². The number of benzene rings is 1. The van der Waals surface area contributed by atoms with Crippen molar-refractivity contribution in [3.05, 3.63) is 34.9 Å². The zero-order valence-corrected chi connectivity index (χ0v) is 14.7. The topological polar surface area (TPSA) is 96.3 Å². The van der Waals surface area contributed by atoms with Crippen LogP contribution >= 0.6 is 11.8 Å². The highest BCUT2D eigenvalue weighted by atomic mass is 32.2. The molecule has 0 fully saturated rings. The number of carbonyl (C=O) groups is 1. The molecule has 8 heteroatoms. The van der Waals surface area contributed by atoms with Crippen LogP contribution in [0.2, 0.25) is 0 Å². The molecule has 1 aliphatic rings. The van der Waals surface area contributed by atoms with Crippen LogP contribution in [0.4, 0.5) is 0 Å². The van der Waals surface area contributed by atoms with E-state index in [9.17, 15) is 4.79 Å². The second-order valence-electron chi connectivity index (χ2n) is 4.98. The minimum atomic E-state index is -0.371. The maximum atomic E-state index is 11.7. The quantitative estimate of drug-likeness (QED) is 0.819. The highest BCUT2D eigenvalue weighted by Crippen LogP contribution is 2.41. The maximum Gasteiger partial charge on any atom is 0.286 e. The van der Waals surface area contributed by atoms with Crippen LogP contribution in [0, 0.1) is 0 Å². The number of furan rings is 1. The van der Waals surface area contributed by atoms with Gasteiger partial charge in [0.25, 0.3) is 5.91 Å². The molecule has 0 aliphatic carbocycles. The Morgan fingerprint density at radius 3 is 2.36 bits per heavy atom. The first-order valence-corrected chi connectivity index (χ1v) is 8.05. The average molecular weight is 360 g/mol. The van der Waals surface area contributed by atoms with Gasteiger partial charge in [0.15, 0.2) is 16.7 Å². The second-order valence-corrected chi connectivity index (χ2v) is 6.04. The fourth-order valence-corrected chi connectivity index (χ4v) is 3.01. The van der Waals surface area contributed by atoms with Crippen molar-refractivity contribution in [3.63, 3.8) is 0 Å². The van der Waals surface area contributed by atoms with E-state index >= 15 is 0 Å². The second kappa shape index (κ2) is 6.94. The van der Waals surface area contributed by atoms with Gasteiger partial charge < -0.3 is 24.4 Å². The summed E-state index contributed by atoms with van der Waals surface area (Å²) in [7, 11) is 4.67. The summed E-state index contributed by atoms with van der Waals surface area (Å²) in [6.45, 7) is 0. The van der Waals surface area contributed by atoms with Gasteiger partial charge in [0.2, 0.25) is 0 Å². The molecule has 2 heterocycles. The summed E-state index contributed by atoms with van der Waals surface area (Å²) in [6.07, 6.45) is 1.60. The monoisotopic (exact) mass is 360 g/mol. The van der Waals surface area contributed by atoms with E-state index in [1.165, 1.54) is 0 Å². The maximum absolute atomic E-state index is 11.7. The van der Waals surface area contributed by atoms with E-state index < -0.39 is 0 Å². The minimum Gasteiger partial charge on any atom is -0.496 e. The van der Waals surface area contributed by atoms with Crippen LogP contribution in [-0.2, 0) is 4.79 Å². The zero-order chi connectivity index (χ0) is 18.0. The molecule has 0 atom stereocenters. The Bertz CT molecular complexity index is 885. The highest BCUT2D eigenvalue weighted by Gasteiger charge is 2.21. The van der Waals surface area contributed by atoms with Crippen molar-refractivity contribution >= 4 is 28.9 Å². The van der Waals surface area contributed by atoms with Crippen molar-refractivity contribution in [2.75, 3.05) is 21.3 Å². The Morgan fingerprint density at radius 1 is 1.08 bits per heavy atom. The Hall–Kier alpha value is -2.87. The number of nitrogens with two attached hydrogens (primary N) is 1. The average Bonchev–Trinajstić information content (AvgIpc) is 3.20. The highest BCUT2D eigenvalue weighted by molar-refractivity contribution is 8.18. The van der Waals surface area contributed by atoms with E-state index in [2.05, 4.69) is 4.99 Å². The molecular formula is C17H16N2O5S. The Kier molecular flexibility index (Phi) is 4.71. The first-order chi connectivity index (χ1) is 12.0. The molecule has 0 unspecified atom stereocenters. The number of ether oxygens (including phenoxy) is 3. The normalized spacial score (nSPS) is 15.4. The Labute approximate surface area is 148 Å². The summed E-state index contributed by atoms with van der Waals surface area (Å²) in [6, 6.07) is 7.02. The lowest BCUT2D eigenvalue weighted by atomic mass is 10.1. The molecule has 0 radical (unpaired) electrons. The van der Waals surface area contributed by atoms with Crippen molar-refractivity contribution in [3.8, 4) is 28.6 Å². The van der Waals surface area contributed by atoms with E-state index in [0.717, 1.165) is 11.8 Å². The van der Waals surface area contributed by atoms with Crippen LogP contribution in [0.15, 0.2) is 38.6 Å². The summed E-state index contributed by atoms with van der Waals surface area (Å²) in [4.78, 5) is 15.7. The van der Waals surface area contributed by atoms with Crippen molar-refractivity contribution in [2.45, 2.75) is 0 Å². The molecule has 0 bridgehead atoms. The molecule has 0 saturated heterocycles. The predicted octanol–water partition coefficient (Wildman–Crippen LogP) is 2.90. The first kappa shape index (κ1) is 17.0. The van der Waals surface area contributed by atoms with E-state index in [1.807, 2.05) is 0 Å². The molecule has 3 rings (SSSR count). The number of nitrogens with zero attached hydrogens (tertiary/aromatic N) is 1. The van der Waals surface area contributed by atoms with E-state index in [1.54, 1.807) is 51.7 Å². The van der Waals surface area contributed by atoms with Crippen molar-refractivity contribution < 1.29 is 23.4 Å². The van der Waals surface area contributed by atoms with Crippen LogP contribution in [0.5, 0.6) is 17.2 Å². The smallest absolute Gasteiger partial charge is 0.286 e. The number of rotatable bonds is 5. The number of thioether (sulfide) groups is 1. The van der Waals surface area contributed by atoms with Gasteiger partial charge in [-0.1, -0.05) is 0 Å². The van der Waals surface area contributed by atoms with Crippen LogP contribution in [0.25, 0.3) is 17.4 Å². The fourth-order valence-electron chi connectivity index (χ4n) is 2.35. The largest absolute Gasteiger partial charge is 0.496 e. The third-order valence-corrected chi connectivity index (χ3v) is 4.32. The fraction of sp³-hybridized carbons (Fsp3) is 0.176. The standard InChI is InChI=1S/C17H16N2O5S/c1-21-12-8-14(23-3)13(22-2)7-10(12)11-5-4-9(24-11)6-15-16(20)19-17(18)25-15/h4-8H,1-3H3,(H2,18,19,20)/b15-6+. The number of aliphatic imine (C=N–C) groups is 1. The lowest BCUT2D eigenvalue weighted by Crippen LogP contribution is -2.01. The summed E-state index contributed by atoms with van der Waals surface area (Å²) in [5.41, 5.74) is 6.24. The number of hydrogen-bond donors (Lipinski definition) is 1. The van der Waals surface area contributed by atoms with Gasteiger partial charge >= 0.3 is 0 Å². The van der Waals surface area contributed by atoms with Crippen LogP contribution in [0.1, 0.15) is 5.76 Å². The van der Waals surface area contributed by atoms with Gasteiger partial charge in [-0.2, -0.15) is 4.99 Å². The molecule has 0 saturated carbocycles. The van der Waals surface area contributed by atoms with Gasteiger partial charge in [0.1, 0.15) is 17.3 Å². The molecule has 1 aromatic heterocycles. The Balaban J connectivity index is 1.97. The van der Waals surface area contributed by atoms with Gasteiger partial charge in [-0.15, -0.1) is 0 Å². The molecule has 1 aliphatic heterocycles. The molecule has 25 heavy (non-hydrogen) atoms. The molecule has 0 spiro atoms. The van der Waals surface area contributed by atoms with Gasteiger partial charge in [-0.25, -0.2) is 0 Å². The van der Waals surface area contributed by atoms with Gasteiger partial charge in [-0.05, 0) is 30.0 Å². The summed E-state index contributed by atoms with van der Waals surface area (Å²) < 4.78 is 21.8. The number of methoxy groups -OCH3 is 3. The lowest BCUT2D eigenvalue weighted by molar-refractivity contribution is -0.113. The molecule has 130 valence electrons. The third kappa shape index (κ3) is 3.34. The number of amides is 1. The molecule has 7 nitrogen and oxygen atoms in total. The number of hydrogen-bond acceptors (Lipinski definition) is 7. The molecule has 1 amide bonds. The Morgan fingerprint density at radius 2 is 1.76 bits per heavy atom. The third-order valence-electron chi connectivity index (χ3n) is 3.51. The summed E-state index contributed by atoms with van der Waals surface area (Å²) in [5.74, 6) is 2.38. The summed E-state index contributed by atoms with van der Waals surface area (Å²) >= 11 is 1.11. The van der Waals surface area contributed by atoms with Crippen molar-refractivity contribution in [1.82, 2.24) is 0 Å². The van der Waals surface area contributed by atoms with Crippen LogP contribution < -0.4 is 19.9 Å². The number of amidine groups is 1. The number of carbonyl (C=O) groups excluding carboxylic acids is 1. The predicted molar refractivity (Wildman–Crippen MR) is 96.0 cm³/mol. The molecule has 2 aromatic rings. The van der Waals surface area contributed by atoms with E-state index in [-0.39, 0.29) is 11.1 Å². The molecular weight excluding hydrogens is 344 g/mol. The summed E-state index contributed by atoms with van der Waals surface area (Å²) in [5, 5.41) is 0.226. The SMILES string of the molecule is COc1cc(OC)c(-c2ccc(/C=C3/SC(N)=NC3=O)o2)cc1OC. The minimum absolute atomic E-state index is 0.226. The first-order valence-electron chi connectivity index (χ1n) is 7.24. The zero-order valence-electron chi connectivity index (χ0n) is 13.9. The van der Waals surface area contributed by atoms with Gasteiger partial charge in [0.05, 0.1) is 31.8 Å². The lowest BCUT2D eigenvalue weighted by Gasteiger charge is -2.12. The van der Waals surface area contributed by atoms with Crippen LogP contribution in [0.3, 0.4) is 0 Å². The van der Waals surface area contributed by atoms with Crippen LogP contribution in [-0.4, -0.2) is 32.4 Å². The van der Waals surface area contributed by atoms with E-state index in [4.69, 9.17) is 24.4 Å². The van der Waals surface area contributed by atoms with E-state index in [0.29, 0.717) is 39.2 Å². The van der Waals surface area contributed by atoms with Crippen molar-refractivity contribution in [1.29, 1.82) is 0 Å². The molecule has 2 N–H and O–H groups in total. The molecule has 1 aromatic carbocycles.